The van der Waals surface area contributed by atoms with Gasteiger partial charge in [-0.2, -0.15) is 13.8 Å². The number of aromatic nitrogens is 2. The molecule has 5 saturated heterocycles. The quantitative estimate of drug-likeness (QED) is 0.0681. The van der Waals surface area contributed by atoms with Gasteiger partial charge in [-0.05, 0) is 213 Å². The zero-order chi connectivity index (χ0) is 82.5. The summed E-state index contributed by atoms with van der Waals surface area (Å²) in [6.07, 6.45) is 18.7. The molecule has 0 aromatic carbocycles. The van der Waals surface area contributed by atoms with Crippen molar-refractivity contribution < 1.29 is 96.6 Å². The predicted octanol–water partition coefficient (Wildman–Crippen LogP) is 9.89. The number of amides is 1. The summed E-state index contributed by atoms with van der Waals surface area (Å²) >= 11 is 0. The Kier molecular flexibility index (Phi) is 30.2. The molecule has 7 heterocycles. The summed E-state index contributed by atoms with van der Waals surface area (Å²) in [5.74, 6) is -8.14. The average Bonchev–Trinajstić information content (AvgIpc) is 1.55. The van der Waals surface area contributed by atoms with Gasteiger partial charge < -0.3 is 79.7 Å². The fourth-order valence-corrected chi connectivity index (χ4v) is 20.9. The third kappa shape index (κ3) is 19.4. The van der Waals surface area contributed by atoms with Crippen LogP contribution in [-0.4, -0.2) is 212 Å². The summed E-state index contributed by atoms with van der Waals surface area (Å²) in [6, 6.07) is 0.543. The van der Waals surface area contributed by atoms with Crippen LogP contribution in [0.25, 0.3) is 0 Å². The lowest BCUT2D eigenvalue weighted by Crippen LogP contribution is -2.61. The molecule has 5 aliphatic carbocycles. The maximum atomic E-state index is 14.4. The van der Waals surface area contributed by atoms with Gasteiger partial charge >= 0.3 is 17.6 Å². The van der Waals surface area contributed by atoms with Crippen LogP contribution in [0.15, 0.2) is 87.5 Å². The zero-order valence-corrected chi connectivity index (χ0v) is 69.1. The number of nitrogens with zero attached hydrogens (tertiary/aromatic N) is 3. The first kappa shape index (κ1) is 89.7. The monoisotopic (exact) mass is 1590 g/mol. The van der Waals surface area contributed by atoms with E-state index in [-0.39, 0.29) is 72.3 Å². The molecule has 1 aromatic rings. The number of aliphatic hydroxyl groups excluding tert-OH is 5. The number of piperidine rings is 2. The second kappa shape index (κ2) is 38.0. The van der Waals surface area contributed by atoms with Crippen LogP contribution < -0.4 is 16.7 Å². The van der Waals surface area contributed by atoms with Crippen molar-refractivity contribution in [1.29, 1.82) is 0 Å². The highest BCUT2D eigenvalue weighted by molar-refractivity contribution is 6.39. The van der Waals surface area contributed by atoms with E-state index in [0.717, 1.165) is 67.3 Å². The van der Waals surface area contributed by atoms with Crippen molar-refractivity contribution in [3.05, 3.63) is 93.1 Å². The van der Waals surface area contributed by atoms with Gasteiger partial charge in [0.25, 0.3) is 11.7 Å². The van der Waals surface area contributed by atoms with Crippen LogP contribution in [0.3, 0.4) is 0 Å². The van der Waals surface area contributed by atoms with Crippen LogP contribution in [0.5, 0.6) is 0 Å². The lowest BCUT2D eigenvalue weighted by molar-refractivity contribution is -0.265. The Morgan fingerprint density at radius 2 is 1.57 bits per heavy atom. The van der Waals surface area contributed by atoms with E-state index in [4.69, 9.17) is 44.0 Å². The number of hydrogen-bond donors (Lipinski definition) is 8. The molecule has 632 valence electrons. The first-order valence-corrected chi connectivity index (χ1v) is 41.8. The van der Waals surface area contributed by atoms with E-state index in [1.165, 1.54) is 50.5 Å². The number of aliphatic hydroxyl groups is 6. The number of carbonyl (C=O) groups is 5. The van der Waals surface area contributed by atoms with Gasteiger partial charge in [0.15, 0.2) is 11.9 Å². The molecule has 9 N–H and O–H groups in total. The number of fused-ring (bicyclic) bond motifs is 9. The molecule has 24 nitrogen and oxygen atoms in total. The van der Waals surface area contributed by atoms with Crippen molar-refractivity contribution in [1.82, 2.24) is 19.8 Å². The van der Waals surface area contributed by atoms with Crippen molar-refractivity contribution >= 4 is 35.0 Å². The predicted molar refractivity (Wildman–Crippen MR) is 420 cm³/mol. The molecular weight excluding hydrogens is 1460 g/mol. The highest BCUT2D eigenvalue weighted by Gasteiger charge is 2.62. The van der Waals surface area contributed by atoms with E-state index >= 15 is 0 Å². The van der Waals surface area contributed by atoms with E-state index in [1.807, 2.05) is 58.1 Å². The smallest absolute Gasteiger partial charge is 0.351 e. The number of alkyl halides is 2. The number of nitrogens with two attached hydrogens (primary N) is 1. The molecule has 1 aromatic heterocycles. The Morgan fingerprint density at radius 1 is 0.823 bits per heavy atom. The third-order valence-corrected chi connectivity index (χ3v) is 28.0. The maximum absolute atomic E-state index is 14.4. The van der Waals surface area contributed by atoms with E-state index < -0.39 is 121 Å². The fraction of sp³-hybridized carbons (Fsp3) is 0.759. The summed E-state index contributed by atoms with van der Waals surface area (Å²) in [4.78, 5) is 86.5. The zero-order valence-electron chi connectivity index (χ0n) is 69.1. The average molecular weight is 1590 g/mol. The molecule has 11 aliphatic rings. The second-order valence-corrected chi connectivity index (χ2v) is 35.6. The Balaban J connectivity index is 0.000000226. The minimum atomic E-state index is -3.71. The van der Waals surface area contributed by atoms with Crippen LogP contribution >= 0.6 is 0 Å². The molecule has 2 bridgehead atoms. The molecule has 28 atom stereocenters. The first-order chi connectivity index (χ1) is 53.5. The molecule has 3 saturated carbocycles. The van der Waals surface area contributed by atoms with Gasteiger partial charge in [0, 0.05) is 76.6 Å². The first-order valence-electron chi connectivity index (χ1n) is 41.8. The highest BCUT2D eigenvalue weighted by Crippen LogP contribution is 2.65. The number of ether oxygens (including phenoxy) is 7. The maximum Gasteiger partial charge on any atom is 0.351 e. The standard InChI is InChI=1S/C51H79NO13.C27H41NO2.C9H11F2N3O4/c1-30-16-12-11-13-17-31(2)42(61-8)28-38-21-19-36(7)51(60,65-38)48(57)49(58)52-23-15-14-18-39(52)50(59)64-43(33(4)26-37-20-22-40(53)44(27-37)62-9)29-41(54)32(3)25-35(6)46(56)47(63-10)45(55)34(5)24-30;1-15-11-24-25(28-14-15)17(3)27(30-24)10-8-20-21-6-5-18-12-19(29)7-9-26(18,4)23(21)13-22(20)16(27)2;10-9(11)6(16)4(3-15)18-7(9)14-2-1-5(12)13-8(14)17/h11-13,16-17,25,30,32-34,36-40,42-44,46-47,53,56,60H,14-15,18-24,26-29H2,1-10H3;5,15,17,19-21,23-25,28-29H,6-14H2,1-4H3;1-2,4,6-7,15-16H,3H2,(H2,12,13,17)/b13-11+,16-12+,31-17+,35-25+;;/t30-,32-,33-,34-,36-,37+,38+,39+,40-,42+,43+,44-,46-,47+,51-;15-,17+,19-,20-,21-,23-,24+,25-,26-,27-;4-,6-,7-/m101/s1. The van der Waals surface area contributed by atoms with E-state index in [9.17, 15) is 63.1 Å². The Morgan fingerprint density at radius 3 is 2.26 bits per heavy atom. The minimum absolute atomic E-state index is 0.0193. The molecule has 113 heavy (non-hydrogen) atoms. The summed E-state index contributed by atoms with van der Waals surface area (Å²) < 4.78 is 69.1. The third-order valence-electron chi connectivity index (χ3n) is 28.0. The van der Waals surface area contributed by atoms with Crippen LogP contribution in [0.1, 0.15) is 211 Å². The van der Waals surface area contributed by atoms with Crippen LogP contribution in [0.2, 0.25) is 0 Å². The molecule has 6 aliphatic heterocycles. The summed E-state index contributed by atoms with van der Waals surface area (Å²) in [5, 5.41) is 66.1. The van der Waals surface area contributed by atoms with Gasteiger partial charge in [-0.3, -0.25) is 23.7 Å². The molecule has 0 unspecified atom stereocenters. The van der Waals surface area contributed by atoms with E-state index in [1.54, 1.807) is 57.8 Å². The van der Waals surface area contributed by atoms with Gasteiger partial charge in [0.05, 0.1) is 48.8 Å². The van der Waals surface area contributed by atoms with Crippen molar-refractivity contribution in [2.75, 3.05) is 46.8 Å². The molecule has 1 spiro atoms. The number of ketones is 3. The van der Waals surface area contributed by atoms with Crippen LogP contribution in [0.4, 0.5) is 14.6 Å². The van der Waals surface area contributed by atoms with Gasteiger partial charge in [0.2, 0.25) is 12.0 Å². The van der Waals surface area contributed by atoms with Crippen molar-refractivity contribution in [3.63, 3.8) is 0 Å². The number of nitrogen functional groups attached to an aromatic ring is 1. The molecule has 8 fully saturated rings. The van der Waals surface area contributed by atoms with E-state index in [0.29, 0.717) is 91.4 Å². The summed E-state index contributed by atoms with van der Waals surface area (Å²) in [7, 11) is 4.52. The summed E-state index contributed by atoms with van der Waals surface area (Å²) in [6.45, 7) is 22.9. The van der Waals surface area contributed by atoms with Crippen molar-refractivity contribution in [2.24, 2.45) is 70.5 Å². The fourth-order valence-electron chi connectivity index (χ4n) is 20.9. The van der Waals surface area contributed by atoms with Crippen molar-refractivity contribution in [3.8, 4) is 0 Å². The van der Waals surface area contributed by atoms with Crippen LogP contribution in [-0.2, 0) is 57.1 Å². The number of methoxy groups -OCH3 is 3. The lowest BCUT2D eigenvalue weighted by Gasteiger charge is -2.49. The molecule has 0 radical (unpaired) electrons. The van der Waals surface area contributed by atoms with Crippen molar-refractivity contribution in [2.45, 2.75) is 307 Å². The molecular formula is C87H131F2N5O19. The molecule has 1 amide bonds. The number of hydrogen-bond acceptors (Lipinski definition) is 22. The number of esters is 1. The second-order valence-electron chi connectivity index (χ2n) is 35.6. The normalized spacial score (nSPS) is 42.7. The number of cyclic esters (lactones) is 1. The number of halogens is 2. The Hall–Kier alpha value is -5.59. The minimum Gasteiger partial charge on any atom is -0.460 e. The molecule has 12 rings (SSSR count). The number of nitrogens with one attached hydrogen (secondary N) is 1. The van der Waals surface area contributed by atoms with Gasteiger partial charge in [-0.1, -0.05) is 109 Å². The van der Waals surface area contributed by atoms with E-state index in [2.05, 4.69) is 44.1 Å². The Bertz CT molecular complexity index is 3770. The lowest BCUT2D eigenvalue weighted by atomic mass is 9.56. The number of carbonyl (C=O) groups excluding carboxylic acids is 5. The van der Waals surface area contributed by atoms with Gasteiger partial charge in [-0.15, -0.1) is 0 Å². The Labute approximate surface area is 666 Å². The van der Waals surface area contributed by atoms with Crippen LogP contribution in [0, 0.1) is 70.5 Å². The van der Waals surface area contributed by atoms with Gasteiger partial charge in [0.1, 0.15) is 42.1 Å². The number of allylic oxidation sites excluding steroid dienone is 8. The number of Topliss-reactive ketones (excluding diaryl/α,β-unsaturated/α-hetero) is 3. The largest absolute Gasteiger partial charge is 0.460 e. The number of anilines is 1. The van der Waals surface area contributed by atoms with Gasteiger partial charge in [-0.25, -0.2) is 9.59 Å². The number of rotatable bonds is 8. The SMILES string of the molecule is CC1=C2C[C@H]3[C@@H](CC=C4C[C@@H](O)CC[C@@]43C)[C@@H]2CC[C@]12O[C@@H]1C[C@H](C)CN[C@H]1[C@H]2C.CO[C@H]1C[C@@H]2CC[C@@H](C)[C@@](O)(O2)C(=O)C(=O)N2CCCC[C@H]2C(=O)O[C@H]([C@H](C)C[C@@H]2CC[C@@H](O)[C@H](OC)C2)CC(=O)[C@H](C)/C=C(\C)[C@@H](O)[C@@H](OC)C(=O)[C@H](C)C[C@H](C)/C=C/C=C/C=C/1C.Nc1ccn([C@@H]2O[C@H](CO)[C@@H](O)C2(F)F)c(=O)n1. The topological polar surface area (TPSA) is 348 Å². The highest BCUT2D eigenvalue weighted by atomic mass is 19.3. The summed E-state index contributed by atoms with van der Waals surface area (Å²) in [5.41, 5.74) is 10.7. The molecule has 26 heteroatoms.